The van der Waals surface area contributed by atoms with Gasteiger partial charge in [0.15, 0.2) is 23.0 Å². The molecule has 3 rings (SSSR count). The fraction of sp³-hybridized carbons (Fsp3) is 0.250. The third kappa shape index (κ3) is 7.28. The summed E-state index contributed by atoms with van der Waals surface area (Å²) in [6.07, 6.45) is 7.71. The lowest BCUT2D eigenvalue weighted by Gasteiger charge is -2.08. The number of guanidine groups is 1. The van der Waals surface area contributed by atoms with Crippen LogP contribution in [0.3, 0.4) is 0 Å². The van der Waals surface area contributed by atoms with Crippen molar-refractivity contribution >= 4 is 40.8 Å². The average Bonchev–Trinajstić information content (AvgIpc) is 3.36. The van der Waals surface area contributed by atoms with Crippen molar-refractivity contribution in [2.45, 2.75) is 0 Å². The van der Waals surface area contributed by atoms with Gasteiger partial charge >= 0.3 is 0 Å². The molecular formula is C24H29BrN4O4. The van der Waals surface area contributed by atoms with E-state index in [1.165, 1.54) is 0 Å². The van der Waals surface area contributed by atoms with Crippen molar-refractivity contribution in [3.63, 3.8) is 0 Å². The molecule has 1 aliphatic rings. The first-order chi connectivity index (χ1) is 15.7. The second-order valence-corrected chi connectivity index (χ2v) is 6.70. The van der Waals surface area contributed by atoms with E-state index in [4.69, 9.17) is 18.9 Å². The van der Waals surface area contributed by atoms with Crippen LogP contribution in [0.25, 0.3) is 12.2 Å². The maximum atomic E-state index is 5.38. The highest BCUT2D eigenvalue weighted by atomic mass is 79.9. The Morgan fingerprint density at radius 1 is 0.848 bits per heavy atom. The average molecular weight is 517 g/mol. The van der Waals surface area contributed by atoms with Crippen LogP contribution in [0.1, 0.15) is 11.1 Å². The summed E-state index contributed by atoms with van der Waals surface area (Å²) < 4.78 is 21.4. The summed E-state index contributed by atoms with van der Waals surface area (Å²) in [6.45, 7) is 1.53. The predicted molar refractivity (Wildman–Crippen MR) is 138 cm³/mol. The van der Waals surface area contributed by atoms with Crippen molar-refractivity contribution in [1.82, 2.24) is 10.7 Å². The molecule has 0 saturated heterocycles. The minimum atomic E-state index is 0. The fourth-order valence-electron chi connectivity index (χ4n) is 3.00. The highest BCUT2D eigenvalue weighted by Gasteiger charge is 2.05. The molecule has 8 nitrogen and oxygen atoms in total. The standard InChI is InChI=1S/C24H28N4O4.BrH/c1-29-20-11-7-17(15-22(20)31-3)5-9-19(27-28-24-25-13-14-26-24)10-6-18-8-12-21(30-2)23(16-18)32-4;/h5-12,15-16H,13-14H2,1-4H3,(H2,25,26,28);1H. The summed E-state index contributed by atoms with van der Waals surface area (Å²) in [7, 11) is 6.46. The number of methoxy groups -OCH3 is 4. The van der Waals surface area contributed by atoms with Crippen molar-refractivity contribution < 1.29 is 18.9 Å². The number of aliphatic imine (C=N–C) groups is 1. The van der Waals surface area contributed by atoms with Gasteiger partial charge in [-0.3, -0.25) is 0 Å². The molecular weight excluding hydrogens is 488 g/mol. The first kappa shape index (κ1) is 25.8. The van der Waals surface area contributed by atoms with Gasteiger partial charge < -0.3 is 24.3 Å². The van der Waals surface area contributed by atoms with Crippen LogP contribution in [-0.4, -0.2) is 53.2 Å². The minimum Gasteiger partial charge on any atom is -0.493 e. The Hall–Kier alpha value is -3.46. The zero-order chi connectivity index (χ0) is 22.8. The molecule has 0 atom stereocenters. The van der Waals surface area contributed by atoms with Gasteiger partial charge in [0, 0.05) is 6.54 Å². The van der Waals surface area contributed by atoms with E-state index in [0.717, 1.165) is 24.2 Å². The molecule has 2 aromatic carbocycles. The third-order valence-corrected chi connectivity index (χ3v) is 4.67. The molecule has 0 bridgehead atoms. The summed E-state index contributed by atoms with van der Waals surface area (Å²) in [4.78, 5) is 4.31. The first-order valence-electron chi connectivity index (χ1n) is 10.1. The zero-order valence-corrected chi connectivity index (χ0v) is 20.8. The van der Waals surface area contributed by atoms with Crippen molar-refractivity contribution in [2.75, 3.05) is 41.5 Å². The molecule has 0 amide bonds. The van der Waals surface area contributed by atoms with Crippen LogP contribution in [0, 0.1) is 0 Å². The van der Waals surface area contributed by atoms with Crippen LogP contribution in [0.4, 0.5) is 0 Å². The lowest BCUT2D eigenvalue weighted by atomic mass is 10.1. The molecule has 0 saturated carbocycles. The molecule has 0 unspecified atom stereocenters. The first-order valence-corrected chi connectivity index (χ1v) is 10.1. The Morgan fingerprint density at radius 3 is 1.79 bits per heavy atom. The van der Waals surface area contributed by atoms with Crippen molar-refractivity contribution in [3.05, 3.63) is 59.7 Å². The summed E-state index contributed by atoms with van der Waals surface area (Å²) in [5.41, 5.74) is 5.57. The minimum absolute atomic E-state index is 0. The molecule has 1 aliphatic heterocycles. The number of nitrogens with zero attached hydrogens (tertiary/aromatic N) is 2. The smallest absolute Gasteiger partial charge is 0.212 e. The van der Waals surface area contributed by atoms with Gasteiger partial charge in [-0.25, -0.2) is 10.4 Å². The SMILES string of the molecule is Br.COc1ccc(C=CC(C=Cc2ccc(OC)c(OC)c2)=NNC2=NCCN2)cc1OC. The van der Waals surface area contributed by atoms with Crippen LogP contribution in [0.15, 0.2) is 58.6 Å². The van der Waals surface area contributed by atoms with Gasteiger partial charge in [-0.15, -0.1) is 17.0 Å². The molecule has 33 heavy (non-hydrogen) atoms. The van der Waals surface area contributed by atoms with Crippen molar-refractivity contribution in [2.24, 2.45) is 10.1 Å². The van der Waals surface area contributed by atoms with E-state index < -0.39 is 0 Å². The van der Waals surface area contributed by atoms with E-state index in [2.05, 4.69) is 20.8 Å². The normalized spacial score (nSPS) is 12.5. The van der Waals surface area contributed by atoms with Gasteiger partial charge in [0.2, 0.25) is 5.96 Å². The summed E-state index contributed by atoms with van der Waals surface area (Å²) in [5.74, 6) is 3.34. The fourth-order valence-corrected chi connectivity index (χ4v) is 3.00. The molecule has 0 aliphatic carbocycles. The van der Waals surface area contributed by atoms with Crippen LogP contribution in [0.2, 0.25) is 0 Å². The lowest BCUT2D eigenvalue weighted by molar-refractivity contribution is 0.355. The number of nitrogens with one attached hydrogen (secondary N) is 2. The van der Waals surface area contributed by atoms with Crippen molar-refractivity contribution in [3.8, 4) is 23.0 Å². The largest absolute Gasteiger partial charge is 0.493 e. The quantitative estimate of drug-likeness (QED) is 0.388. The molecule has 2 N–H and O–H groups in total. The van der Waals surface area contributed by atoms with E-state index in [0.29, 0.717) is 34.7 Å². The van der Waals surface area contributed by atoms with Gasteiger partial charge in [-0.05, 0) is 47.5 Å². The molecule has 0 spiro atoms. The van der Waals surface area contributed by atoms with Crippen LogP contribution in [0.5, 0.6) is 23.0 Å². The van der Waals surface area contributed by atoms with E-state index >= 15 is 0 Å². The summed E-state index contributed by atoms with van der Waals surface area (Å²) in [6, 6.07) is 11.4. The Kier molecular flexibility index (Phi) is 10.3. The second kappa shape index (κ2) is 13.2. The molecule has 176 valence electrons. The van der Waals surface area contributed by atoms with Gasteiger partial charge in [0.25, 0.3) is 0 Å². The number of ether oxygens (including phenoxy) is 4. The van der Waals surface area contributed by atoms with Gasteiger partial charge in [0.1, 0.15) is 0 Å². The molecule has 9 heteroatoms. The predicted octanol–water partition coefficient (Wildman–Crippen LogP) is 3.93. The van der Waals surface area contributed by atoms with Crippen LogP contribution >= 0.6 is 17.0 Å². The number of allylic oxidation sites excluding steroid dienone is 2. The van der Waals surface area contributed by atoms with E-state index in [1.807, 2.05) is 60.7 Å². The molecule has 0 aromatic heterocycles. The Balaban J connectivity index is 0.00000385. The molecule has 2 aromatic rings. The Morgan fingerprint density at radius 2 is 1.36 bits per heavy atom. The molecule has 0 fully saturated rings. The van der Waals surface area contributed by atoms with Gasteiger partial charge in [-0.2, -0.15) is 5.10 Å². The maximum absolute atomic E-state index is 5.38. The molecule has 0 radical (unpaired) electrons. The molecule has 1 heterocycles. The number of hydrogen-bond donors (Lipinski definition) is 2. The maximum Gasteiger partial charge on any atom is 0.212 e. The third-order valence-electron chi connectivity index (χ3n) is 4.67. The monoisotopic (exact) mass is 516 g/mol. The second-order valence-electron chi connectivity index (χ2n) is 6.70. The number of hydrogen-bond acceptors (Lipinski definition) is 8. The van der Waals surface area contributed by atoms with E-state index in [9.17, 15) is 0 Å². The Bertz CT molecular complexity index is 983. The number of rotatable bonds is 9. The van der Waals surface area contributed by atoms with Gasteiger partial charge in [0.05, 0.1) is 40.7 Å². The van der Waals surface area contributed by atoms with E-state index in [-0.39, 0.29) is 17.0 Å². The van der Waals surface area contributed by atoms with E-state index in [1.54, 1.807) is 28.4 Å². The summed E-state index contributed by atoms with van der Waals surface area (Å²) in [5, 5.41) is 7.61. The highest BCUT2D eigenvalue weighted by molar-refractivity contribution is 8.93. The highest BCUT2D eigenvalue weighted by Crippen LogP contribution is 2.29. The number of benzene rings is 2. The number of hydrazone groups is 1. The zero-order valence-electron chi connectivity index (χ0n) is 19.1. The van der Waals surface area contributed by atoms with Crippen LogP contribution in [-0.2, 0) is 0 Å². The lowest BCUT2D eigenvalue weighted by Crippen LogP contribution is -2.30. The van der Waals surface area contributed by atoms with Gasteiger partial charge in [-0.1, -0.05) is 24.3 Å². The van der Waals surface area contributed by atoms with Crippen LogP contribution < -0.4 is 29.7 Å². The topological polar surface area (TPSA) is 85.7 Å². The number of halogens is 1. The Labute approximate surface area is 204 Å². The van der Waals surface area contributed by atoms with Crippen molar-refractivity contribution in [1.29, 1.82) is 0 Å². The summed E-state index contributed by atoms with van der Waals surface area (Å²) >= 11 is 0.